The summed E-state index contributed by atoms with van der Waals surface area (Å²) in [7, 11) is 2.17. The summed E-state index contributed by atoms with van der Waals surface area (Å²) < 4.78 is 39.1. The Morgan fingerprint density at radius 3 is 2.39 bits per heavy atom. The molecule has 0 fully saturated rings. The van der Waals surface area contributed by atoms with Crippen LogP contribution in [0, 0.1) is 0 Å². The van der Waals surface area contributed by atoms with E-state index in [1.54, 1.807) is 0 Å². The molecule has 2 heterocycles. The first kappa shape index (κ1) is 22.7. The van der Waals surface area contributed by atoms with Gasteiger partial charge in [0.05, 0.1) is 26.1 Å². The Balaban J connectivity index is 2.25. The molecule has 0 spiro atoms. The topological polar surface area (TPSA) is 107 Å². The molecule has 2 aromatic rings. The number of quaternary nitrogens is 1. The molecule has 164 valence electrons. The first-order valence-corrected chi connectivity index (χ1v) is 8.99. The maximum absolute atomic E-state index is 13.1. The fourth-order valence-corrected chi connectivity index (χ4v) is 3.41. The smallest absolute Gasteiger partial charge is 0.292 e. The molecule has 0 saturated heterocycles. The number of hydrogen-bond donors (Lipinski definition) is 0. The van der Waals surface area contributed by atoms with E-state index < -0.39 is 33.8 Å². The summed E-state index contributed by atoms with van der Waals surface area (Å²) in [6, 6.07) is 2.55. The van der Waals surface area contributed by atoms with Gasteiger partial charge in [0.2, 0.25) is 0 Å². The van der Waals surface area contributed by atoms with Crippen molar-refractivity contribution in [1.82, 2.24) is 9.13 Å². The van der Waals surface area contributed by atoms with Gasteiger partial charge in [0.1, 0.15) is 18.0 Å². The van der Waals surface area contributed by atoms with Crippen LogP contribution in [0.3, 0.4) is 0 Å². The molecule has 1 aromatic carbocycles. The largest absolute Gasteiger partial charge is 0.431 e. The molecule has 1 aromatic heterocycles. The molecule has 1 aliphatic heterocycles. The number of nitrogens with zero attached hydrogens (tertiary/aromatic N) is 6. The zero-order chi connectivity index (χ0) is 23.3. The van der Waals surface area contributed by atoms with Crippen LogP contribution in [0.1, 0.15) is 18.2 Å². The van der Waals surface area contributed by atoms with Crippen LogP contribution in [0.15, 0.2) is 43.3 Å². The van der Waals surface area contributed by atoms with Crippen LogP contribution in [0.4, 0.5) is 13.2 Å². The van der Waals surface area contributed by atoms with Crippen LogP contribution >= 0.6 is 23.2 Å². The van der Waals surface area contributed by atoms with Gasteiger partial charge in [0.15, 0.2) is 0 Å². The van der Waals surface area contributed by atoms with Crippen LogP contribution < -0.4 is 11.2 Å². The van der Waals surface area contributed by atoms with Gasteiger partial charge in [-0.3, -0.25) is 9.36 Å². The van der Waals surface area contributed by atoms with Gasteiger partial charge in [-0.05, 0) is 12.1 Å². The third-order valence-electron chi connectivity index (χ3n) is 4.18. The van der Waals surface area contributed by atoms with Crippen molar-refractivity contribution in [2.75, 3.05) is 7.05 Å². The van der Waals surface area contributed by atoms with Crippen molar-refractivity contribution in [1.29, 1.82) is 0 Å². The van der Waals surface area contributed by atoms with Gasteiger partial charge in [-0.15, -0.1) is 0 Å². The molecule has 0 radical (unpaired) electrons. The molecule has 3 rings (SSSR count). The van der Waals surface area contributed by atoms with Crippen molar-refractivity contribution >= 4 is 35.0 Å². The number of rotatable bonds is 3. The van der Waals surface area contributed by atoms with Crippen molar-refractivity contribution in [3.05, 3.63) is 60.3 Å². The Hall–Kier alpha value is -3.03. The van der Waals surface area contributed by atoms with Gasteiger partial charge in [0, 0.05) is 25.3 Å². The average molecular weight is 480 g/mol. The van der Waals surface area contributed by atoms with E-state index in [1.807, 2.05) is 0 Å². The SMILES string of the molecule is CC(=O)O[N+]1(C)N=NN=C1c1cc(-n2c(=O)cc(C(F)(F)F)n(C)c2=O)c(Cl)cc1Cl. The molecule has 15 heteroatoms. The molecule has 1 unspecified atom stereocenters. The first-order valence-electron chi connectivity index (χ1n) is 8.24. The second kappa shape index (κ2) is 7.59. The maximum atomic E-state index is 13.1. The number of hydroxylamine groups is 2. The molecule has 0 saturated carbocycles. The molecule has 0 amide bonds. The number of alkyl halides is 3. The molecule has 10 nitrogen and oxygen atoms in total. The predicted octanol–water partition coefficient (Wildman–Crippen LogP) is 2.83. The lowest BCUT2D eigenvalue weighted by atomic mass is 10.1. The summed E-state index contributed by atoms with van der Waals surface area (Å²) in [4.78, 5) is 41.5. The summed E-state index contributed by atoms with van der Waals surface area (Å²) in [5.41, 5.74) is -4.26. The molecule has 1 atom stereocenters. The number of benzene rings is 1. The minimum Gasteiger partial charge on any atom is -0.292 e. The minimum atomic E-state index is -4.92. The molecular formula is C16H12Cl2F3N6O4+. The van der Waals surface area contributed by atoms with Crippen molar-refractivity contribution in [3.8, 4) is 5.69 Å². The predicted molar refractivity (Wildman–Crippen MR) is 102 cm³/mol. The van der Waals surface area contributed by atoms with Crippen molar-refractivity contribution in [3.63, 3.8) is 0 Å². The Labute approximate surface area is 180 Å². The third-order valence-corrected chi connectivity index (χ3v) is 4.79. The monoisotopic (exact) mass is 479 g/mol. The lowest BCUT2D eigenvalue weighted by molar-refractivity contribution is -1.01. The van der Waals surface area contributed by atoms with Crippen LogP contribution in [0.2, 0.25) is 10.0 Å². The van der Waals surface area contributed by atoms with Crippen LogP contribution in [-0.2, 0) is 22.9 Å². The Kier molecular flexibility index (Phi) is 5.54. The van der Waals surface area contributed by atoms with Crippen molar-refractivity contribution < 1.29 is 27.6 Å². The van der Waals surface area contributed by atoms with Gasteiger partial charge in [-0.25, -0.2) is 19.0 Å². The number of amidine groups is 1. The number of carbonyl (C=O) groups excluding carboxylic acids is 1. The molecule has 0 aliphatic carbocycles. The summed E-state index contributed by atoms with van der Waals surface area (Å²) in [5.74, 6) is -0.830. The average Bonchev–Trinajstić information content (AvgIpc) is 2.99. The molecule has 0 N–H and O–H groups in total. The standard InChI is InChI=1S/C16H12Cl2F3N6O4/c1-7(28)31-27(3)14(22-23-24-27)8-4-11(10(18)5-9(8)17)26-13(29)6-12(16(19,20)21)25(2)15(26)30/h4-6H,1-3H3/q+1. The van der Waals surface area contributed by atoms with Gasteiger partial charge in [-0.2, -0.15) is 13.2 Å². The number of hydrogen-bond acceptors (Lipinski definition) is 7. The summed E-state index contributed by atoms with van der Waals surface area (Å²) in [6.45, 7) is 1.12. The van der Waals surface area contributed by atoms with E-state index in [2.05, 4.69) is 15.5 Å². The fraction of sp³-hybridized carbons (Fsp3) is 0.250. The summed E-state index contributed by atoms with van der Waals surface area (Å²) in [5, 5.41) is 10.7. The van der Waals surface area contributed by atoms with Gasteiger partial charge < -0.3 is 0 Å². The zero-order valence-corrected chi connectivity index (χ0v) is 17.5. The number of halogens is 5. The van der Waals surface area contributed by atoms with E-state index >= 15 is 0 Å². The van der Waals surface area contributed by atoms with Gasteiger partial charge >= 0.3 is 23.7 Å². The van der Waals surface area contributed by atoms with E-state index in [-0.39, 0.29) is 37.8 Å². The Morgan fingerprint density at radius 2 is 1.81 bits per heavy atom. The fourth-order valence-electron chi connectivity index (χ4n) is 2.85. The lowest BCUT2D eigenvalue weighted by Crippen LogP contribution is -2.44. The van der Waals surface area contributed by atoms with Crippen LogP contribution in [-0.4, -0.2) is 32.7 Å². The third kappa shape index (κ3) is 3.98. The zero-order valence-electron chi connectivity index (χ0n) is 15.9. The number of aromatic nitrogens is 2. The summed E-state index contributed by atoms with van der Waals surface area (Å²) in [6.07, 6.45) is -4.92. The highest BCUT2D eigenvalue weighted by Crippen LogP contribution is 2.32. The molecule has 31 heavy (non-hydrogen) atoms. The van der Waals surface area contributed by atoms with E-state index in [9.17, 15) is 27.6 Å². The minimum absolute atomic E-state index is 0.0173. The Bertz CT molecular complexity index is 1280. The van der Waals surface area contributed by atoms with Crippen molar-refractivity contribution in [2.45, 2.75) is 13.1 Å². The highest BCUT2D eigenvalue weighted by molar-refractivity contribution is 6.37. The maximum Gasteiger partial charge on any atom is 0.431 e. The van der Waals surface area contributed by atoms with Crippen molar-refractivity contribution in [2.24, 2.45) is 22.6 Å². The summed E-state index contributed by atoms with van der Waals surface area (Å²) >= 11 is 12.3. The van der Waals surface area contributed by atoms with Crippen LogP contribution in [0.5, 0.6) is 0 Å². The van der Waals surface area contributed by atoms with Crippen LogP contribution in [0.25, 0.3) is 5.69 Å². The molecular weight excluding hydrogens is 468 g/mol. The van der Waals surface area contributed by atoms with E-state index in [0.717, 1.165) is 26.1 Å². The molecule has 0 bridgehead atoms. The highest BCUT2D eigenvalue weighted by Gasteiger charge is 2.43. The second-order valence-corrected chi connectivity index (χ2v) is 7.20. The Morgan fingerprint density at radius 1 is 1.16 bits per heavy atom. The normalized spacial score (nSPS) is 18.3. The lowest BCUT2D eigenvalue weighted by Gasteiger charge is -2.20. The van der Waals surface area contributed by atoms with Gasteiger partial charge in [0.25, 0.3) is 5.56 Å². The number of carbonyl (C=O) groups is 1. The second-order valence-electron chi connectivity index (χ2n) is 6.39. The van der Waals surface area contributed by atoms with Gasteiger partial charge in [-0.1, -0.05) is 28.3 Å². The quantitative estimate of drug-likeness (QED) is 0.630. The van der Waals surface area contributed by atoms with E-state index in [0.29, 0.717) is 4.57 Å². The van der Waals surface area contributed by atoms with E-state index in [4.69, 9.17) is 28.0 Å². The molecule has 1 aliphatic rings. The first-order chi connectivity index (χ1) is 14.3. The van der Waals surface area contributed by atoms with E-state index in [1.165, 1.54) is 7.05 Å². The highest BCUT2D eigenvalue weighted by atomic mass is 35.5.